The number of halogens is 1. The highest BCUT2D eigenvalue weighted by molar-refractivity contribution is 5.98. The number of para-hydroxylation sites is 1. The number of fused-ring (bicyclic) bond motifs is 1. The number of benzene rings is 3. The van der Waals surface area contributed by atoms with Crippen LogP contribution in [0.2, 0.25) is 0 Å². The second-order valence-corrected chi connectivity index (χ2v) is 9.89. The molecule has 0 fully saturated rings. The van der Waals surface area contributed by atoms with Crippen LogP contribution in [0.15, 0.2) is 95.9 Å². The molecule has 9 heteroatoms. The van der Waals surface area contributed by atoms with Crippen LogP contribution in [0.4, 0.5) is 4.39 Å². The SMILES string of the molecule is COc1ccc(-c2cc3c(Oc4ccc(CC(=O)c5c(C)n(C)n(-c6ccccc6)c5=O)cc4F)ccnc3[nH]2)cc1. The van der Waals surface area contributed by atoms with E-state index < -0.39 is 11.4 Å². The van der Waals surface area contributed by atoms with E-state index in [2.05, 4.69) is 9.97 Å². The number of ketones is 1. The smallest absolute Gasteiger partial charge is 0.282 e. The van der Waals surface area contributed by atoms with Gasteiger partial charge in [0.25, 0.3) is 5.56 Å². The van der Waals surface area contributed by atoms with Crippen LogP contribution in [0.3, 0.4) is 0 Å². The largest absolute Gasteiger partial charge is 0.497 e. The molecule has 6 rings (SSSR count). The van der Waals surface area contributed by atoms with Crippen LogP contribution >= 0.6 is 0 Å². The first-order valence-corrected chi connectivity index (χ1v) is 13.3. The Morgan fingerprint density at radius 3 is 2.45 bits per heavy atom. The topological polar surface area (TPSA) is 91.1 Å². The van der Waals surface area contributed by atoms with Crippen molar-refractivity contribution in [2.24, 2.45) is 7.05 Å². The molecule has 0 aliphatic heterocycles. The van der Waals surface area contributed by atoms with Crippen LogP contribution in [-0.4, -0.2) is 32.2 Å². The van der Waals surface area contributed by atoms with Crippen molar-refractivity contribution in [2.75, 3.05) is 7.11 Å². The van der Waals surface area contributed by atoms with E-state index >= 15 is 4.39 Å². The standard InChI is InChI=1S/C33H27FN4O4/c1-20-31(33(40)38(37(20)2)23-7-5-4-6-8-23)28(39)18-21-9-14-30(26(34)17-21)42-29-15-16-35-32-25(29)19-27(36-32)22-10-12-24(41-3)13-11-22/h4-17,19H,18H2,1-3H3,(H,35,36). The molecule has 0 aliphatic rings. The molecule has 3 aromatic heterocycles. The molecule has 0 radical (unpaired) electrons. The van der Waals surface area contributed by atoms with Crippen molar-refractivity contribution < 1.29 is 18.7 Å². The first kappa shape index (κ1) is 26.8. The van der Waals surface area contributed by atoms with Gasteiger partial charge in [0.1, 0.15) is 22.7 Å². The Morgan fingerprint density at radius 1 is 0.976 bits per heavy atom. The molecular weight excluding hydrogens is 535 g/mol. The summed E-state index contributed by atoms with van der Waals surface area (Å²) in [5, 5.41) is 0.691. The normalized spacial score (nSPS) is 11.1. The van der Waals surface area contributed by atoms with Gasteiger partial charge in [0.05, 0.1) is 18.2 Å². The zero-order valence-corrected chi connectivity index (χ0v) is 23.2. The molecule has 0 atom stereocenters. The van der Waals surface area contributed by atoms with Crippen LogP contribution in [0.5, 0.6) is 17.2 Å². The Hall–Kier alpha value is -5.44. The first-order chi connectivity index (χ1) is 20.3. The summed E-state index contributed by atoms with van der Waals surface area (Å²) >= 11 is 0. The number of aromatic amines is 1. The van der Waals surface area contributed by atoms with Gasteiger partial charge in [-0.1, -0.05) is 24.3 Å². The number of H-pyrrole nitrogens is 1. The van der Waals surface area contributed by atoms with Crippen molar-refractivity contribution >= 4 is 16.8 Å². The van der Waals surface area contributed by atoms with Crippen molar-refractivity contribution in [2.45, 2.75) is 13.3 Å². The third kappa shape index (κ3) is 4.85. The monoisotopic (exact) mass is 562 g/mol. The lowest BCUT2D eigenvalue weighted by Crippen LogP contribution is -2.23. The molecule has 0 spiro atoms. The Balaban J connectivity index is 1.24. The summed E-state index contributed by atoms with van der Waals surface area (Å²) in [7, 11) is 3.34. The van der Waals surface area contributed by atoms with E-state index in [9.17, 15) is 9.59 Å². The Kier molecular flexibility index (Phi) is 6.92. The van der Waals surface area contributed by atoms with E-state index in [4.69, 9.17) is 9.47 Å². The van der Waals surface area contributed by atoms with Crippen LogP contribution < -0.4 is 15.0 Å². The fourth-order valence-electron chi connectivity index (χ4n) is 5.04. The van der Waals surface area contributed by atoms with E-state index in [0.29, 0.717) is 33.7 Å². The van der Waals surface area contributed by atoms with Gasteiger partial charge in [-0.3, -0.25) is 14.3 Å². The minimum Gasteiger partial charge on any atom is -0.497 e. The van der Waals surface area contributed by atoms with Crippen molar-refractivity contribution in [1.82, 2.24) is 19.3 Å². The van der Waals surface area contributed by atoms with Crippen molar-refractivity contribution in [1.29, 1.82) is 0 Å². The van der Waals surface area contributed by atoms with E-state index in [1.807, 2.05) is 48.5 Å². The number of nitrogens with one attached hydrogen (secondary N) is 1. The number of hydrogen-bond acceptors (Lipinski definition) is 5. The highest BCUT2D eigenvalue weighted by atomic mass is 19.1. The van der Waals surface area contributed by atoms with Crippen LogP contribution in [-0.2, 0) is 13.5 Å². The molecule has 0 aliphatic carbocycles. The van der Waals surface area contributed by atoms with Gasteiger partial charge in [-0.05, 0) is 78.7 Å². The van der Waals surface area contributed by atoms with Gasteiger partial charge >= 0.3 is 0 Å². The molecular formula is C33H27FN4O4. The van der Waals surface area contributed by atoms with Crippen molar-refractivity contribution in [3.63, 3.8) is 0 Å². The average molecular weight is 563 g/mol. The number of aromatic nitrogens is 4. The van der Waals surface area contributed by atoms with E-state index in [1.165, 1.54) is 16.8 Å². The fraction of sp³-hybridized carbons (Fsp3) is 0.121. The fourth-order valence-corrected chi connectivity index (χ4v) is 5.04. The molecule has 42 heavy (non-hydrogen) atoms. The maximum Gasteiger partial charge on any atom is 0.282 e. The van der Waals surface area contributed by atoms with Gasteiger partial charge in [-0.2, -0.15) is 0 Å². The molecule has 0 amide bonds. The number of methoxy groups -OCH3 is 1. The summed E-state index contributed by atoms with van der Waals surface area (Å²) in [6.07, 6.45) is 1.45. The lowest BCUT2D eigenvalue weighted by atomic mass is 10.0. The molecule has 1 N–H and O–H groups in total. The second-order valence-electron chi connectivity index (χ2n) is 9.89. The molecule has 6 aromatic rings. The average Bonchev–Trinajstić information content (AvgIpc) is 3.53. The molecule has 0 saturated carbocycles. The highest BCUT2D eigenvalue weighted by Gasteiger charge is 2.23. The summed E-state index contributed by atoms with van der Waals surface area (Å²) < 4.78 is 29.5. The predicted octanol–water partition coefficient (Wildman–Crippen LogP) is 6.39. The highest BCUT2D eigenvalue weighted by Crippen LogP contribution is 2.34. The van der Waals surface area contributed by atoms with Crippen molar-refractivity contribution in [3.8, 4) is 34.2 Å². The Bertz CT molecular complexity index is 1990. The van der Waals surface area contributed by atoms with Gasteiger partial charge in [0, 0.05) is 31.1 Å². The summed E-state index contributed by atoms with van der Waals surface area (Å²) in [6, 6.07) is 24.6. The number of carbonyl (C=O) groups excluding carboxylic acids is 1. The summed E-state index contributed by atoms with van der Waals surface area (Å²) in [4.78, 5) is 34.1. The minimum absolute atomic E-state index is 0.00761. The molecule has 0 unspecified atom stereocenters. The van der Waals surface area contributed by atoms with Crippen LogP contribution in [0.1, 0.15) is 21.6 Å². The van der Waals surface area contributed by atoms with Gasteiger partial charge in [0.2, 0.25) is 0 Å². The third-order valence-corrected chi connectivity index (χ3v) is 7.31. The summed E-state index contributed by atoms with van der Waals surface area (Å²) in [5.74, 6) is 0.182. The van der Waals surface area contributed by atoms with E-state index in [1.54, 1.807) is 56.2 Å². The molecule has 0 bridgehead atoms. The Labute approximate surface area is 240 Å². The van der Waals surface area contributed by atoms with E-state index in [0.717, 1.165) is 17.0 Å². The number of pyridine rings is 1. The van der Waals surface area contributed by atoms with E-state index in [-0.39, 0.29) is 23.5 Å². The first-order valence-electron chi connectivity index (χ1n) is 13.3. The van der Waals surface area contributed by atoms with Crippen molar-refractivity contribution in [3.05, 3.63) is 124 Å². The van der Waals surface area contributed by atoms with Crippen LogP contribution in [0.25, 0.3) is 28.0 Å². The molecule has 3 aromatic carbocycles. The summed E-state index contributed by atoms with van der Waals surface area (Å²) in [5.41, 5.74) is 3.66. The molecule has 210 valence electrons. The number of carbonyl (C=O) groups is 1. The number of Topliss-reactive ketones (excluding diaryl/α,β-unsaturated/α-hetero) is 1. The molecule has 8 nitrogen and oxygen atoms in total. The van der Waals surface area contributed by atoms with Crippen LogP contribution in [0, 0.1) is 12.7 Å². The Morgan fingerprint density at radius 2 is 1.74 bits per heavy atom. The van der Waals surface area contributed by atoms with Gasteiger partial charge in [0.15, 0.2) is 17.3 Å². The number of ether oxygens (including phenoxy) is 2. The third-order valence-electron chi connectivity index (χ3n) is 7.31. The zero-order chi connectivity index (χ0) is 29.4. The molecule has 0 saturated heterocycles. The predicted molar refractivity (Wildman–Crippen MR) is 158 cm³/mol. The quantitative estimate of drug-likeness (QED) is 0.217. The maximum absolute atomic E-state index is 15.2. The lowest BCUT2D eigenvalue weighted by molar-refractivity contribution is 0.0991. The summed E-state index contributed by atoms with van der Waals surface area (Å²) in [6.45, 7) is 1.72. The van der Waals surface area contributed by atoms with Gasteiger partial charge < -0.3 is 14.5 Å². The number of rotatable bonds is 8. The number of nitrogens with zero attached hydrogens (tertiary/aromatic N) is 3. The van der Waals surface area contributed by atoms with Gasteiger partial charge in [-0.15, -0.1) is 0 Å². The second kappa shape index (κ2) is 10.9. The van der Waals surface area contributed by atoms with Gasteiger partial charge in [-0.25, -0.2) is 14.1 Å². The lowest BCUT2D eigenvalue weighted by Gasteiger charge is -2.09. The zero-order valence-electron chi connectivity index (χ0n) is 23.2. The minimum atomic E-state index is -0.623. The maximum atomic E-state index is 15.2. The number of hydrogen-bond donors (Lipinski definition) is 1. The molecule has 3 heterocycles.